The standard InChI is InChI=1S/C12H14O/c1-7-5-11-6-8(2)13-12(11)10(4)9(7)3/h5-6H,1-4H3. The molecule has 0 atom stereocenters. The monoisotopic (exact) mass is 174 g/mol. The van der Waals surface area contributed by atoms with Crippen LogP contribution >= 0.6 is 0 Å². The summed E-state index contributed by atoms with van der Waals surface area (Å²) in [5.74, 6) is 0.989. The minimum atomic E-state index is 0.989. The second-order valence-electron chi connectivity index (χ2n) is 3.72. The number of furan rings is 1. The lowest BCUT2D eigenvalue weighted by molar-refractivity contribution is 0.576. The van der Waals surface area contributed by atoms with Crippen molar-refractivity contribution in [2.24, 2.45) is 0 Å². The summed E-state index contributed by atoms with van der Waals surface area (Å²) in [6.07, 6.45) is 0. The molecule has 2 rings (SSSR count). The number of hydrogen-bond acceptors (Lipinski definition) is 1. The second-order valence-corrected chi connectivity index (χ2v) is 3.72. The van der Waals surface area contributed by atoms with Gasteiger partial charge in [0.05, 0.1) is 0 Å². The van der Waals surface area contributed by atoms with E-state index in [2.05, 4.69) is 32.9 Å². The molecule has 1 nitrogen and oxygen atoms in total. The van der Waals surface area contributed by atoms with Gasteiger partial charge in [0.15, 0.2) is 0 Å². The maximum absolute atomic E-state index is 5.63. The highest BCUT2D eigenvalue weighted by Crippen LogP contribution is 2.27. The molecule has 13 heavy (non-hydrogen) atoms. The van der Waals surface area contributed by atoms with Gasteiger partial charge in [0.2, 0.25) is 0 Å². The van der Waals surface area contributed by atoms with E-state index in [-0.39, 0.29) is 0 Å². The van der Waals surface area contributed by atoms with Gasteiger partial charge in [0.25, 0.3) is 0 Å². The van der Waals surface area contributed by atoms with Crippen molar-refractivity contribution in [1.82, 2.24) is 0 Å². The van der Waals surface area contributed by atoms with Crippen LogP contribution in [-0.2, 0) is 0 Å². The first kappa shape index (κ1) is 8.36. The van der Waals surface area contributed by atoms with Crippen molar-refractivity contribution in [1.29, 1.82) is 0 Å². The minimum Gasteiger partial charge on any atom is -0.461 e. The average molecular weight is 174 g/mol. The van der Waals surface area contributed by atoms with Gasteiger partial charge in [-0.25, -0.2) is 0 Å². The van der Waals surface area contributed by atoms with E-state index in [9.17, 15) is 0 Å². The van der Waals surface area contributed by atoms with Gasteiger partial charge in [0, 0.05) is 5.39 Å². The zero-order chi connectivity index (χ0) is 9.59. The Balaban J connectivity index is 2.92. The van der Waals surface area contributed by atoms with Crippen LogP contribution in [0, 0.1) is 27.7 Å². The molecule has 0 N–H and O–H groups in total. The summed E-state index contributed by atoms with van der Waals surface area (Å²) in [5.41, 5.74) is 4.98. The predicted octanol–water partition coefficient (Wildman–Crippen LogP) is 3.67. The molecular weight excluding hydrogens is 160 g/mol. The molecule has 0 saturated carbocycles. The summed E-state index contributed by atoms with van der Waals surface area (Å²) in [5, 5.41) is 1.22. The summed E-state index contributed by atoms with van der Waals surface area (Å²) < 4.78 is 5.63. The molecule has 1 aromatic carbocycles. The highest BCUT2D eigenvalue weighted by Gasteiger charge is 2.07. The zero-order valence-corrected chi connectivity index (χ0v) is 8.56. The van der Waals surface area contributed by atoms with Crippen LogP contribution < -0.4 is 0 Å². The average Bonchev–Trinajstić information content (AvgIpc) is 2.42. The van der Waals surface area contributed by atoms with Crippen molar-refractivity contribution in [2.75, 3.05) is 0 Å². The third-order valence-electron chi connectivity index (χ3n) is 2.75. The SMILES string of the molecule is Cc1cc2cc(C)c(C)c(C)c2o1. The Hall–Kier alpha value is -1.24. The molecule has 0 saturated heterocycles. The largest absolute Gasteiger partial charge is 0.461 e. The van der Waals surface area contributed by atoms with Crippen molar-refractivity contribution in [3.05, 3.63) is 34.6 Å². The molecule has 1 aromatic heterocycles. The molecule has 1 heterocycles. The van der Waals surface area contributed by atoms with Crippen LogP contribution in [-0.4, -0.2) is 0 Å². The number of benzene rings is 1. The molecule has 0 spiro atoms. The van der Waals surface area contributed by atoms with E-state index in [1.807, 2.05) is 6.92 Å². The Labute approximate surface area is 78.4 Å². The van der Waals surface area contributed by atoms with Crippen LogP contribution in [0.1, 0.15) is 22.5 Å². The summed E-state index contributed by atoms with van der Waals surface area (Å²) in [6.45, 7) is 8.39. The Bertz CT molecular complexity index is 463. The molecule has 0 unspecified atom stereocenters. The molecule has 0 bridgehead atoms. The lowest BCUT2D eigenvalue weighted by atomic mass is 10.0. The molecule has 0 aliphatic heterocycles. The van der Waals surface area contributed by atoms with Crippen LogP contribution in [0.2, 0.25) is 0 Å². The Morgan fingerprint density at radius 3 is 2.31 bits per heavy atom. The molecular formula is C12H14O. The van der Waals surface area contributed by atoms with Gasteiger partial charge in [-0.1, -0.05) is 0 Å². The van der Waals surface area contributed by atoms with Gasteiger partial charge in [0.1, 0.15) is 11.3 Å². The normalized spacial score (nSPS) is 11.1. The zero-order valence-electron chi connectivity index (χ0n) is 8.56. The quantitative estimate of drug-likeness (QED) is 0.594. The second kappa shape index (κ2) is 2.63. The lowest BCUT2D eigenvalue weighted by Gasteiger charge is -2.04. The van der Waals surface area contributed by atoms with Crippen molar-refractivity contribution in [2.45, 2.75) is 27.7 Å². The molecule has 0 fully saturated rings. The van der Waals surface area contributed by atoms with Crippen molar-refractivity contribution < 1.29 is 4.42 Å². The van der Waals surface area contributed by atoms with E-state index in [0.29, 0.717) is 0 Å². The van der Waals surface area contributed by atoms with Crippen molar-refractivity contribution in [3.63, 3.8) is 0 Å². The first-order valence-corrected chi connectivity index (χ1v) is 4.56. The van der Waals surface area contributed by atoms with Crippen molar-refractivity contribution >= 4 is 11.0 Å². The Kier molecular flexibility index (Phi) is 1.69. The summed E-state index contributed by atoms with van der Waals surface area (Å²) in [6, 6.07) is 4.28. The first-order chi connectivity index (χ1) is 6.09. The molecule has 0 amide bonds. The number of rotatable bonds is 0. The van der Waals surface area contributed by atoms with Gasteiger partial charge < -0.3 is 4.42 Å². The molecule has 1 heteroatoms. The number of hydrogen-bond donors (Lipinski definition) is 0. The third-order valence-corrected chi connectivity index (χ3v) is 2.75. The lowest BCUT2D eigenvalue weighted by Crippen LogP contribution is -1.85. The van der Waals surface area contributed by atoms with Gasteiger partial charge in [-0.3, -0.25) is 0 Å². The van der Waals surface area contributed by atoms with E-state index in [1.54, 1.807) is 0 Å². The summed E-state index contributed by atoms with van der Waals surface area (Å²) >= 11 is 0. The number of fused-ring (bicyclic) bond motifs is 1. The maximum Gasteiger partial charge on any atom is 0.137 e. The highest BCUT2D eigenvalue weighted by atomic mass is 16.3. The van der Waals surface area contributed by atoms with Gasteiger partial charge in [-0.15, -0.1) is 0 Å². The van der Waals surface area contributed by atoms with Crippen LogP contribution in [0.25, 0.3) is 11.0 Å². The molecule has 68 valence electrons. The van der Waals surface area contributed by atoms with Gasteiger partial charge in [-0.2, -0.15) is 0 Å². The van der Waals surface area contributed by atoms with Gasteiger partial charge in [-0.05, 0) is 56.5 Å². The van der Waals surface area contributed by atoms with E-state index in [4.69, 9.17) is 4.42 Å². The van der Waals surface area contributed by atoms with E-state index < -0.39 is 0 Å². The first-order valence-electron chi connectivity index (χ1n) is 4.56. The molecule has 0 radical (unpaired) electrons. The van der Waals surface area contributed by atoms with E-state index in [0.717, 1.165) is 11.3 Å². The Morgan fingerprint density at radius 1 is 0.923 bits per heavy atom. The van der Waals surface area contributed by atoms with Crippen LogP contribution in [0.15, 0.2) is 16.5 Å². The topological polar surface area (TPSA) is 13.1 Å². The van der Waals surface area contributed by atoms with E-state index >= 15 is 0 Å². The predicted molar refractivity (Wildman–Crippen MR) is 55.2 cm³/mol. The molecule has 2 aromatic rings. The fraction of sp³-hybridized carbons (Fsp3) is 0.333. The molecule has 0 aliphatic carbocycles. The van der Waals surface area contributed by atoms with Crippen molar-refractivity contribution in [3.8, 4) is 0 Å². The van der Waals surface area contributed by atoms with Crippen LogP contribution in [0.4, 0.5) is 0 Å². The highest BCUT2D eigenvalue weighted by molar-refractivity contribution is 5.83. The smallest absolute Gasteiger partial charge is 0.137 e. The van der Waals surface area contributed by atoms with Crippen LogP contribution in [0.3, 0.4) is 0 Å². The summed E-state index contributed by atoms with van der Waals surface area (Å²) in [4.78, 5) is 0. The fourth-order valence-corrected chi connectivity index (χ4v) is 1.74. The minimum absolute atomic E-state index is 0.989. The fourth-order valence-electron chi connectivity index (χ4n) is 1.74. The van der Waals surface area contributed by atoms with Crippen LogP contribution in [0.5, 0.6) is 0 Å². The Morgan fingerprint density at radius 2 is 1.62 bits per heavy atom. The number of aryl methyl sites for hydroxylation is 3. The summed E-state index contributed by atoms with van der Waals surface area (Å²) in [7, 11) is 0. The third kappa shape index (κ3) is 1.15. The maximum atomic E-state index is 5.63. The van der Waals surface area contributed by atoms with Gasteiger partial charge >= 0.3 is 0 Å². The van der Waals surface area contributed by atoms with E-state index in [1.165, 1.54) is 22.1 Å². The molecule has 0 aliphatic rings.